The zero-order valence-electron chi connectivity index (χ0n) is 16.1. The van der Waals surface area contributed by atoms with Gasteiger partial charge in [0.1, 0.15) is 0 Å². The number of benzene rings is 2. The highest BCUT2D eigenvalue weighted by atomic mass is 35.5. The molecule has 0 saturated carbocycles. The van der Waals surface area contributed by atoms with Crippen molar-refractivity contribution in [2.45, 2.75) is 12.7 Å². The molecule has 2 N–H and O–H groups in total. The van der Waals surface area contributed by atoms with Gasteiger partial charge in [0.05, 0.1) is 29.0 Å². The van der Waals surface area contributed by atoms with Crippen molar-refractivity contribution >= 4 is 34.6 Å². The van der Waals surface area contributed by atoms with Gasteiger partial charge in [-0.05, 0) is 36.4 Å². The van der Waals surface area contributed by atoms with Crippen molar-refractivity contribution in [3.63, 3.8) is 0 Å². The van der Waals surface area contributed by atoms with E-state index in [1.165, 1.54) is 6.07 Å². The number of alkyl halides is 3. The minimum atomic E-state index is -4.63. The lowest BCUT2D eigenvalue weighted by atomic mass is 10.3. The number of hydrogen-bond donors (Lipinski definition) is 2. The summed E-state index contributed by atoms with van der Waals surface area (Å²) in [6.45, 7) is -0.203. The van der Waals surface area contributed by atoms with Gasteiger partial charge in [-0.3, -0.25) is 5.32 Å². The normalized spacial score (nSPS) is 11.6. The number of carbonyl (C=O) groups excluding carboxylic acids is 1. The van der Waals surface area contributed by atoms with Gasteiger partial charge in [-0.2, -0.15) is 18.3 Å². The molecule has 2 heterocycles. The maximum Gasteiger partial charge on any atom is 0.435 e. The highest BCUT2D eigenvalue weighted by Crippen LogP contribution is 2.30. The molecule has 0 spiro atoms. The van der Waals surface area contributed by atoms with E-state index in [2.05, 4.69) is 20.7 Å². The first-order chi connectivity index (χ1) is 14.7. The van der Waals surface area contributed by atoms with E-state index in [0.717, 1.165) is 16.3 Å². The van der Waals surface area contributed by atoms with Crippen molar-refractivity contribution in [1.29, 1.82) is 0 Å². The highest BCUT2D eigenvalue weighted by Gasteiger charge is 2.35. The first-order valence-corrected chi connectivity index (χ1v) is 9.48. The summed E-state index contributed by atoms with van der Waals surface area (Å²) in [4.78, 5) is 16.7. The number of aryl methyl sites for hydroxylation is 1. The molecule has 0 aliphatic rings. The van der Waals surface area contributed by atoms with E-state index < -0.39 is 17.9 Å². The van der Waals surface area contributed by atoms with Gasteiger partial charge in [-0.25, -0.2) is 14.5 Å². The Hall–Kier alpha value is -3.53. The van der Waals surface area contributed by atoms with Gasteiger partial charge in [0, 0.05) is 12.1 Å². The van der Waals surface area contributed by atoms with E-state index in [1.54, 1.807) is 35.9 Å². The number of amides is 2. The number of nitrogens with one attached hydrogen (secondary N) is 2. The van der Waals surface area contributed by atoms with Crippen molar-refractivity contribution in [1.82, 2.24) is 24.6 Å². The van der Waals surface area contributed by atoms with Crippen LogP contribution in [0.15, 0.2) is 54.6 Å². The van der Waals surface area contributed by atoms with Crippen molar-refractivity contribution in [2.24, 2.45) is 7.05 Å². The van der Waals surface area contributed by atoms with Crippen molar-refractivity contribution in [2.75, 3.05) is 5.32 Å². The van der Waals surface area contributed by atoms with Gasteiger partial charge in [0.25, 0.3) is 0 Å². The van der Waals surface area contributed by atoms with E-state index in [1.807, 2.05) is 18.2 Å². The van der Waals surface area contributed by atoms with Gasteiger partial charge in [-0.15, -0.1) is 0 Å². The molecular weight excluding hydrogens is 433 g/mol. The van der Waals surface area contributed by atoms with Crippen LogP contribution in [0.4, 0.5) is 23.9 Å². The van der Waals surface area contributed by atoms with Crippen molar-refractivity contribution in [3.8, 4) is 5.69 Å². The summed E-state index contributed by atoms with van der Waals surface area (Å²) in [5.41, 5.74) is 0.936. The van der Waals surface area contributed by atoms with E-state index >= 15 is 0 Å². The lowest BCUT2D eigenvalue weighted by Crippen LogP contribution is -2.30. The third-order valence-electron chi connectivity index (χ3n) is 4.57. The number of para-hydroxylation sites is 2. The largest absolute Gasteiger partial charge is 0.435 e. The lowest BCUT2D eigenvalue weighted by Gasteiger charge is -2.10. The quantitative estimate of drug-likeness (QED) is 0.473. The van der Waals surface area contributed by atoms with Crippen molar-refractivity contribution < 1.29 is 18.0 Å². The summed E-state index contributed by atoms with van der Waals surface area (Å²) in [5, 5.41) is 9.14. The van der Waals surface area contributed by atoms with E-state index in [0.29, 0.717) is 22.2 Å². The number of nitrogens with zero attached hydrogens (tertiary/aromatic N) is 4. The zero-order valence-corrected chi connectivity index (χ0v) is 16.9. The number of carbonyl (C=O) groups is 1. The summed E-state index contributed by atoms with van der Waals surface area (Å²) < 4.78 is 42.4. The zero-order chi connectivity index (χ0) is 22.2. The molecule has 0 fully saturated rings. The average molecular weight is 449 g/mol. The molecule has 0 aliphatic carbocycles. The molecule has 0 bridgehead atoms. The molecule has 2 aromatic carbocycles. The van der Waals surface area contributed by atoms with E-state index in [9.17, 15) is 18.0 Å². The molecule has 4 aromatic rings. The Morgan fingerprint density at radius 1 is 1.13 bits per heavy atom. The van der Waals surface area contributed by atoms with Crippen LogP contribution >= 0.6 is 11.6 Å². The number of urea groups is 1. The van der Waals surface area contributed by atoms with E-state index in [4.69, 9.17) is 11.6 Å². The molecular formula is C20H16ClF3N6O. The molecule has 0 saturated heterocycles. The van der Waals surface area contributed by atoms with Crippen LogP contribution in [0, 0.1) is 0 Å². The number of hydrogen-bond acceptors (Lipinski definition) is 3. The Kier molecular flexibility index (Phi) is 5.32. The Morgan fingerprint density at radius 2 is 1.90 bits per heavy atom. The molecule has 11 heteroatoms. The van der Waals surface area contributed by atoms with Gasteiger partial charge in [0.15, 0.2) is 5.69 Å². The number of fused-ring (bicyclic) bond motifs is 1. The third-order valence-corrected chi connectivity index (χ3v) is 4.80. The Bertz CT molecular complexity index is 1260. The fraction of sp³-hybridized carbons (Fsp3) is 0.150. The molecule has 4 rings (SSSR count). The monoisotopic (exact) mass is 448 g/mol. The van der Waals surface area contributed by atoms with Crippen LogP contribution in [-0.4, -0.2) is 25.4 Å². The van der Waals surface area contributed by atoms with Gasteiger partial charge < -0.3 is 9.88 Å². The fourth-order valence-corrected chi connectivity index (χ4v) is 3.27. The van der Waals surface area contributed by atoms with Crippen LogP contribution in [0.2, 0.25) is 5.02 Å². The van der Waals surface area contributed by atoms with Crippen LogP contribution in [0.3, 0.4) is 0 Å². The molecule has 0 radical (unpaired) electrons. The summed E-state index contributed by atoms with van der Waals surface area (Å²) in [6.07, 6.45) is -4.63. The molecule has 0 aliphatic heterocycles. The smallest absolute Gasteiger partial charge is 0.332 e. The Labute approximate surface area is 179 Å². The van der Waals surface area contributed by atoms with Gasteiger partial charge >= 0.3 is 12.2 Å². The maximum atomic E-state index is 13.2. The maximum absolute atomic E-state index is 13.2. The number of rotatable bonds is 4. The number of halogens is 4. The number of anilines is 1. The number of aromatic nitrogens is 4. The lowest BCUT2D eigenvalue weighted by molar-refractivity contribution is -0.141. The molecule has 2 aromatic heterocycles. The van der Waals surface area contributed by atoms with Gasteiger partial charge in [-0.1, -0.05) is 29.8 Å². The fourth-order valence-electron chi connectivity index (χ4n) is 3.09. The Balaban J connectivity index is 1.55. The van der Waals surface area contributed by atoms with Crippen LogP contribution in [0.1, 0.15) is 11.4 Å². The summed E-state index contributed by atoms with van der Waals surface area (Å²) >= 11 is 5.96. The second kappa shape index (κ2) is 7.95. The summed E-state index contributed by atoms with van der Waals surface area (Å²) in [5.74, 6) is 0.304. The highest BCUT2D eigenvalue weighted by molar-refractivity contribution is 6.30. The molecule has 7 nitrogen and oxygen atoms in total. The van der Waals surface area contributed by atoms with Crippen molar-refractivity contribution in [3.05, 3.63) is 71.0 Å². The van der Waals surface area contributed by atoms with Crippen LogP contribution < -0.4 is 10.6 Å². The second-order valence-corrected chi connectivity index (χ2v) is 7.14. The first-order valence-electron chi connectivity index (χ1n) is 9.11. The predicted molar refractivity (Wildman–Crippen MR) is 110 cm³/mol. The summed E-state index contributed by atoms with van der Waals surface area (Å²) in [7, 11) is 1.74. The third kappa shape index (κ3) is 4.33. The molecule has 160 valence electrons. The van der Waals surface area contributed by atoms with Crippen LogP contribution in [0.5, 0.6) is 0 Å². The standard InChI is InChI=1S/C20H16ClF3N6O/c1-29-16-8-3-2-7-15(16)26-18(29)27-19(31)25-11-14-10-17(20(22,23)24)28-30(14)13-6-4-5-12(21)9-13/h2-10H,11H2,1H3,(H2,25,26,27,31). The number of imidazole rings is 1. The minimum Gasteiger partial charge on any atom is -0.332 e. The molecule has 0 unspecified atom stereocenters. The first kappa shape index (κ1) is 20.7. The van der Waals surface area contributed by atoms with Crippen LogP contribution in [0.25, 0.3) is 16.7 Å². The molecule has 0 atom stereocenters. The van der Waals surface area contributed by atoms with Crippen LogP contribution in [-0.2, 0) is 19.8 Å². The predicted octanol–water partition coefficient (Wildman–Crippen LogP) is 4.75. The topological polar surface area (TPSA) is 76.8 Å². The van der Waals surface area contributed by atoms with Gasteiger partial charge in [0.2, 0.25) is 5.95 Å². The molecule has 31 heavy (non-hydrogen) atoms. The summed E-state index contributed by atoms with van der Waals surface area (Å²) in [6, 6.07) is 13.9. The SMILES string of the molecule is Cn1c(NC(=O)NCc2cc(C(F)(F)F)nn2-c2cccc(Cl)c2)nc2ccccc21. The molecule has 2 amide bonds. The minimum absolute atomic E-state index is 0.134. The Morgan fingerprint density at radius 3 is 2.61 bits per heavy atom. The average Bonchev–Trinajstić information content (AvgIpc) is 3.29. The van der Waals surface area contributed by atoms with E-state index in [-0.39, 0.29) is 12.2 Å². The second-order valence-electron chi connectivity index (χ2n) is 6.70.